The summed E-state index contributed by atoms with van der Waals surface area (Å²) in [6.45, 7) is 6.54. The Hall–Kier alpha value is -2.96. The van der Waals surface area contributed by atoms with Crippen molar-refractivity contribution in [2.75, 3.05) is 44.7 Å². The van der Waals surface area contributed by atoms with Gasteiger partial charge in [0.15, 0.2) is 0 Å². The molecule has 1 saturated heterocycles. The summed E-state index contributed by atoms with van der Waals surface area (Å²) in [4.78, 5) is 30.1. The topological polar surface area (TPSA) is 61.9 Å². The molecule has 0 aliphatic carbocycles. The van der Waals surface area contributed by atoms with E-state index in [4.69, 9.17) is 4.74 Å². The summed E-state index contributed by atoms with van der Waals surface area (Å²) in [5, 5.41) is 3.19. The van der Waals surface area contributed by atoms with Crippen LogP contribution in [0.2, 0.25) is 0 Å². The number of aryl methyl sites for hydroxylation is 1. The maximum atomic E-state index is 13.3. The van der Waals surface area contributed by atoms with Gasteiger partial charge in [0.2, 0.25) is 0 Å². The van der Waals surface area contributed by atoms with Crippen molar-refractivity contribution in [3.05, 3.63) is 71.4 Å². The largest absolute Gasteiger partial charge is 0.379 e. The zero-order chi connectivity index (χ0) is 20.9. The van der Waals surface area contributed by atoms with Crippen LogP contribution in [-0.2, 0) is 14.3 Å². The Kier molecular flexibility index (Phi) is 6.26. The fourth-order valence-electron chi connectivity index (χ4n) is 3.83. The molecule has 0 aromatic heterocycles. The van der Waals surface area contributed by atoms with E-state index >= 15 is 0 Å². The first-order valence-corrected chi connectivity index (χ1v) is 10.4. The van der Waals surface area contributed by atoms with E-state index in [9.17, 15) is 9.59 Å². The van der Waals surface area contributed by atoms with Crippen molar-refractivity contribution in [3.8, 4) is 0 Å². The first-order chi connectivity index (χ1) is 14.6. The third-order valence-corrected chi connectivity index (χ3v) is 5.51. The van der Waals surface area contributed by atoms with Crippen molar-refractivity contribution in [1.82, 2.24) is 9.80 Å². The number of hydrogen-bond acceptors (Lipinski definition) is 5. The monoisotopic (exact) mass is 405 g/mol. The predicted molar refractivity (Wildman–Crippen MR) is 117 cm³/mol. The lowest BCUT2D eigenvalue weighted by Gasteiger charge is -2.27. The van der Waals surface area contributed by atoms with Gasteiger partial charge in [0, 0.05) is 31.9 Å². The highest BCUT2D eigenvalue weighted by Gasteiger charge is 2.38. The van der Waals surface area contributed by atoms with Crippen molar-refractivity contribution in [3.63, 3.8) is 0 Å². The second kappa shape index (κ2) is 9.24. The number of benzene rings is 2. The van der Waals surface area contributed by atoms with Crippen LogP contribution in [0.1, 0.15) is 17.5 Å². The maximum Gasteiger partial charge on any atom is 0.278 e. The molecule has 6 nitrogen and oxygen atoms in total. The maximum absolute atomic E-state index is 13.3. The molecule has 1 fully saturated rings. The highest BCUT2D eigenvalue weighted by Crippen LogP contribution is 2.30. The van der Waals surface area contributed by atoms with Crippen LogP contribution in [0.5, 0.6) is 0 Å². The molecule has 2 aliphatic heterocycles. The molecule has 2 aromatic carbocycles. The number of imide groups is 1. The number of carbonyl (C=O) groups is 2. The third kappa shape index (κ3) is 4.45. The third-order valence-electron chi connectivity index (χ3n) is 5.51. The molecule has 0 radical (unpaired) electrons. The number of morpholine rings is 1. The molecule has 0 saturated carbocycles. The van der Waals surface area contributed by atoms with Crippen LogP contribution in [-0.4, -0.2) is 61.0 Å². The summed E-state index contributed by atoms with van der Waals surface area (Å²) in [6, 6.07) is 17.2. The van der Waals surface area contributed by atoms with Gasteiger partial charge in [0.1, 0.15) is 5.70 Å². The summed E-state index contributed by atoms with van der Waals surface area (Å²) in [5.41, 5.74) is 3.44. The fraction of sp³-hybridized carbons (Fsp3) is 0.333. The Balaban J connectivity index is 1.54. The molecular weight excluding hydrogens is 378 g/mol. The van der Waals surface area contributed by atoms with E-state index in [-0.39, 0.29) is 11.8 Å². The number of para-hydroxylation sites is 1. The van der Waals surface area contributed by atoms with E-state index in [2.05, 4.69) is 10.2 Å². The summed E-state index contributed by atoms with van der Waals surface area (Å²) < 4.78 is 5.38. The molecule has 1 N–H and O–H groups in total. The Morgan fingerprint density at radius 2 is 1.60 bits per heavy atom. The average Bonchev–Trinajstić information content (AvgIpc) is 3.00. The highest BCUT2D eigenvalue weighted by molar-refractivity contribution is 6.36. The van der Waals surface area contributed by atoms with E-state index in [1.807, 2.05) is 61.5 Å². The minimum absolute atomic E-state index is 0.232. The van der Waals surface area contributed by atoms with Gasteiger partial charge in [-0.2, -0.15) is 0 Å². The van der Waals surface area contributed by atoms with Crippen molar-refractivity contribution in [2.45, 2.75) is 13.3 Å². The molecule has 30 heavy (non-hydrogen) atoms. The van der Waals surface area contributed by atoms with Crippen molar-refractivity contribution < 1.29 is 14.3 Å². The Bertz CT molecular complexity index is 932. The Morgan fingerprint density at radius 1 is 0.900 bits per heavy atom. The standard InChI is InChI=1S/C24H27N3O3/c1-18-8-10-19(11-9-18)21-22(25-20-6-3-2-4-7-20)24(29)27(23(21)28)13-5-12-26-14-16-30-17-15-26/h2-4,6-11,25H,5,12-17H2,1H3. The molecule has 6 heteroatoms. The van der Waals surface area contributed by atoms with Crippen LogP contribution < -0.4 is 5.32 Å². The molecule has 2 aromatic rings. The number of hydrogen-bond donors (Lipinski definition) is 1. The Morgan fingerprint density at radius 3 is 2.30 bits per heavy atom. The fourth-order valence-corrected chi connectivity index (χ4v) is 3.83. The summed E-state index contributed by atoms with van der Waals surface area (Å²) in [6.07, 6.45) is 0.747. The summed E-state index contributed by atoms with van der Waals surface area (Å²) in [7, 11) is 0. The van der Waals surface area contributed by atoms with Gasteiger partial charge in [-0.05, 0) is 31.0 Å². The lowest BCUT2D eigenvalue weighted by molar-refractivity contribution is -0.136. The number of rotatable bonds is 7. The molecule has 2 heterocycles. The summed E-state index contributed by atoms with van der Waals surface area (Å²) >= 11 is 0. The number of nitrogens with one attached hydrogen (secondary N) is 1. The van der Waals surface area contributed by atoms with E-state index in [0.717, 1.165) is 56.1 Å². The lowest BCUT2D eigenvalue weighted by Crippen LogP contribution is -2.39. The minimum Gasteiger partial charge on any atom is -0.379 e. The van der Waals surface area contributed by atoms with Crippen LogP contribution in [0.15, 0.2) is 60.3 Å². The number of carbonyl (C=O) groups excluding carboxylic acids is 2. The molecule has 4 rings (SSSR count). The number of amides is 2. The quantitative estimate of drug-likeness (QED) is 0.718. The van der Waals surface area contributed by atoms with Gasteiger partial charge in [-0.15, -0.1) is 0 Å². The zero-order valence-electron chi connectivity index (χ0n) is 17.3. The molecule has 0 bridgehead atoms. The van der Waals surface area contributed by atoms with Crippen LogP contribution in [0, 0.1) is 6.92 Å². The predicted octanol–water partition coefficient (Wildman–Crippen LogP) is 2.91. The number of nitrogens with zero attached hydrogens (tertiary/aromatic N) is 2. The molecule has 2 amide bonds. The molecule has 0 spiro atoms. The van der Waals surface area contributed by atoms with E-state index in [1.165, 1.54) is 4.90 Å². The van der Waals surface area contributed by atoms with Gasteiger partial charge >= 0.3 is 0 Å². The van der Waals surface area contributed by atoms with Crippen LogP contribution >= 0.6 is 0 Å². The van der Waals surface area contributed by atoms with Gasteiger partial charge < -0.3 is 10.1 Å². The normalized spacial score (nSPS) is 17.7. The van der Waals surface area contributed by atoms with E-state index in [1.54, 1.807) is 0 Å². The average molecular weight is 405 g/mol. The van der Waals surface area contributed by atoms with Gasteiger partial charge in [-0.3, -0.25) is 19.4 Å². The van der Waals surface area contributed by atoms with Gasteiger partial charge in [-0.25, -0.2) is 0 Å². The number of ether oxygens (including phenoxy) is 1. The van der Waals surface area contributed by atoms with E-state index in [0.29, 0.717) is 17.8 Å². The second-order valence-corrected chi connectivity index (χ2v) is 7.68. The van der Waals surface area contributed by atoms with Crippen LogP contribution in [0.4, 0.5) is 5.69 Å². The molecule has 0 unspecified atom stereocenters. The van der Waals surface area contributed by atoms with Gasteiger partial charge in [0.05, 0.1) is 18.8 Å². The first kappa shape index (κ1) is 20.3. The van der Waals surface area contributed by atoms with Crippen molar-refractivity contribution in [2.24, 2.45) is 0 Å². The van der Waals surface area contributed by atoms with E-state index < -0.39 is 0 Å². The second-order valence-electron chi connectivity index (χ2n) is 7.68. The highest BCUT2D eigenvalue weighted by atomic mass is 16.5. The molecule has 2 aliphatic rings. The van der Waals surface area contributed by atoms with Gasteiger partial charge in [-0.1, -0.05) is 48.0 Å². The summed E-state index contributed by atoms with van der Waals surface area (Å²) in [5.74, 6) is -0.495. The van der Waals surface area contributed by atoms with Crippen LogP contribution in [0.25, 0.3) is 5.57 Å². The molecule has 0 atom stereocenters. The minimum atomic E-state index is -0.263. The van der Waals surface area contributed by atoms with Crippen LogP contribution in [0.3, 0.4) is 0 Å². The molecular formula is C24H27N3O3. The Labute approximate surface area is 177 Å². The first-order valence-electron chi connectivity index (χ1n) is 10.4. The smallest absolute Gasteiger partial charge is 0.278 e. The number of anilines is 1. The molecule has 156 valence electrons. The van der Waals surface area contributed by atoms with Crippen molar-refractivity contribution in [1.29, 1.82) is 0 Å². The SMILES string of the molecule is Cc1ccc(C2=C(Nc3ccccc3)C(=O)N(CCCN3CCOCC3)C2=O)cc1. The lowest BCUT2D eigenvalue weighted by atomic mass is 10.0. The van der Waals surface area contributed by atoms with Gasteiger partial charge in [0.25, 0.3) is 11.8 Å². The van der Waals surface area contributed by atoms with Crippen molar-refractivity contribution >= 4 is 23.1 Å². The zero-order valence-corrected chi connectivity index (χ0v) is 17.3.